The van der Waals surface area contributed by atoms with Crippen LogP contribution in [0.2, 0.25) is 0 Å². The smallest absolute Gasteiger partial charge is 0.275 e. The van der Waals surface area contributed by atoms with Crippen LogP contribution < -0.4 is 4.74 Å². The van der Waals surface area contributed by atoms with Gasteiger partial charge in [0.1, 0.15) is 40.0 Å². The van der Waals surface area contributed by atoms with Crippen molar-refractivity contribution in [3.05, 3.63) is 118 Å². The van der Waals surface area contributed by atoms with E-state index in [0.29, 0.717) is 22.7 Å². The highest BCUT2D eigenvalue weighted by atomic mass is 32.2. The second-order valence-electron chi connectivity index (χ2n) is 8.74. The lowest BCUT2D eigenvalue weighted by Crippen LogP contribution is -2.27. The van der Waals surface area contributed by atoms with Crippen LogP contribution in [0.1, 0.15) is 56.4 Å². The maximum absolute atomic E-state index is 13.8. The van der Waals surface area contributed by atoms with Gasteiger partial charge in [-0.15, -0.1) is 0 Å². The van der Waals surface area contributed by atoms with Crippen molar-refractivity contribution in [2.75, 3.05) is 0 Å². The third-order valence-electron chi connectivity index (χ3n) is 6.16. The molecule has 6 nitrogen and oxygen atoms in total. The van der Waals surface area contributed by atoms with Gasteiger partial charge in [0, 0.05) is 22.8 Å². The van der Waals surface area contributed by atoms with Gasteiger partial charge in [-0.1, -0.05) is 54.2 Å². The van der Waals surface area contributed by atoms with Crippen LogP contribution in [0.4, 0.5) is 4.39 Å². The Morgan fingerprint density at radius 2 is 1.86 bits per heavy atom. The number of nitrogens with zero attached hydrogens (tertiary/aromatic N) is 3. The van der Waals surface area contributed by atoms with E-state index in [1.165, 1.54) is 28.9 Å². The summed E-state index contributed by atoms with van der Waals surface area (Å²) in [5, 5.41) is 10.5. The van der Waals surface area contributed by atoms with E-state index in [9.17, 15) is 9.18 Å². The van der Waals surface area contributed by atoms with Gasteiger partial charge in [-0.2, -0.15) is 5.10 Å². The number of ether oxygens (including phenoxy) is 1. The third kappa shape index (κ3) is 5.15. The van der Waals surface area contributed by atoms with E-state index in [0.717, 1.165) is 33.8 Å². The Morgan fingerprint density at radius 1 is 1.08 bits per heavy atom. The molecule has 0 spiro atoms. The Balaban J connectivity index is 1.52. The monoisotopic (exact) mass is 515 g/mol. The molecule has 1 aromatic heterocycles. The number of halogens is 1. The van der Waals surface area contributed by atoms with Crippen molar-refractivity contribution in [2.24, 2.45) is 5.10 Å². The standard InChI is InChI=1S/C29H26FN3O3S/c1-4-23-25(10-7-11-26(23)35-17-22-16-19(3)36-32-22)29-33(28(34)24-9-6-5-8-18(24)2)31-27(37-29)20-12-14-21(30)15-13-20/h5-16,29H,4,17H2,1-3H3. The molecule has 8 heteroatoms. The maximum atomic E-state index is 13.8. The topological polar surface area (TPSA) is 67.9 Å². The molecule has 1 aliphatic rings. The van der Waals surface area contributed by atoms with E-state index in [2.05, 4.69) is 12.1 Å². The van der Waals surface area contributed by atoms with Crippen molar-refractivity contribution in [3.8, 4) is 5.75 Å². The zero-order chi connectivity index (χ0) is 25.9. The zero-order valence-corrected chi connectivity index (χ0v) is 21.6. The second-order valence-corrected chi connectivity index (χ2v) is 9.81. The number of hydrazone groups is 1. The molecule has 0 N–H and O–H groups in total. The van der Waals surface area contributed by atoms with E-state index in [1.54, 1.807) is 12.1 Å². The molecular formula is C29H26FN3O3S. The number of thioether (sulfide) groups is 1. The summed E-state index contributed by atoms with van der Waals surface area (Å²) in [6, 6.07) is 21.3. The second kappa shape index (κ2) is 10.6. The fraction of sp³-hybridized carbons (Fsp3) is 0.207. The number of benzene rings is 3. The van der Waals surface area contributed by atoms with Gasteiger partial charge < -0.3 is 9.26 Å². The normalized spacial score (nSPS) is 15.1. The first-order valence-corrected chi connectivity index (χ1v) is 12.9. The SMILES string of the molecule is CCc1c(OCc2cc(C)on2)cccc1C1SC(c2ccc(F)cc2)=NN1C(=O)c1ccccc1C. The van der Waals surface area contributed by atoms with Crippen molar-refractivity contribution in [1.29, 1.82) is 0 Å². The van der Waals surface area contributed by atoms with Gasteiger partial charge in [0.15, 0.2) is 0 Å². The summed E-state index contributed by atoms with van der Waals surface area (Å²) < 4.78 is 24.9. The molecule has 1 aliphatic heterocycles. The molecule has 188 valence electrons. The molecule has 3 aromatic carbocycles. The Bertz CT molecular complexity index is 1470. The molecule has 1 unspecified atom stereocenters. The van der Waals surface area contributed by atoms with E-state index in [-0.39, 0.29) is 18.3 Å². The summed E-state index contributed by atoms with van der Waals surface area (Å²) in [4.78, 5) is 13.8. The maximum Gasteiger partial charge on any atom is 0.275 e. The lowest BCUT2D eigenvalue weighted by Gasteiger charge is -2.25. The summed E-state index contributed by atoms with van der Waals surface area (Å²) in [6.07, 6.45) is 0.693. The number of aryl methyl sites for hydroxylation is 2. The molecule has 0 radical (unpaired) electrons. The van der Waals surface area contributed by atoms with Gasteiger partial charge >= 0.3 is 0 Å². The number of hydrogen-bond acceptors (Lipinski definition) is 6. The van der Waals surface area contributed by atoms with Crippen LogP contribution in [0.15, 0.2) is 82.4 Å². The quantitative estimate of drug-likeness (QED) is 0.270. The van der Waals surface area contributed by atoms with Crippen LogP contribution in [-0.4, -0.2) is 21.1 Å². The predicted molar refractivity (Wildman–Crippen MR) is 142 cm³/mol. The fourth-order valence-corrected chi connectivity index (χ4v) is 5.51. The average Bonchev–Trinajstić information content (AvgIpc) is 3.54. The van der Waals surface area contributed by atoms with Gasteiger partial charge in [0.2, 0.25) is 0 Å². The van der Waals surface area contributed by atoms with Crippen LogP contribution in [0.3, 0.4) is 0 Å². The summed E-state index contributed by atoms with van der Waals surface area (Å²) in [5.41, 5.74) is 4.84. The Morgan fingerprint density at radius 3 is 2.57 bits per heavy atom. The van der Waals surface area contributed by atoms with Crippen LogP contribution >= 0.6 is 11.8 Å². The fourth-order valence-electron chi connectivity index (χ4n) is 4.30. The lowest BCUT2D eigenvalue weighted by molar-refractivity contribution is 0.0747. The van der Waals surface area contributed by atoms with E-state index >= 15 is 0 Å². The molecule has 37 heavy (non-hydrogen) atoms. The minimum atomic E-state index is -0.417. The first-order valence-electron chi connectivity index (χ1n) is 12.0. The van der Waals surface area contributed by atoms with Gasteiger partial charge in [0.05, 0.1) is 0 Å². The van der Waals surface area contributed by atoms with Crippen molar-refractivity contribution < 1.29 is 18.4 Å². The number of carbonyl (C=O) groups excluding carboxylic acids is 1. The molecule has 1 amide bonds. The molecule has 0 bridgehead atoms. The van der Waals surface area contributed by atoms with Crippen LogP contribution in [-0.2, 0) is 13.0 Å². The number of aromatic nitrogens is 1. The van der Waals surface area contributed by atoms with E-state index in [4.69, 9.17) is 14.4 Å². The van der Waals surface area contributed by atoms with Gasteiger partial charge in [-0.3, -0.25) is 4.79 Å². The van der Waals surface area contributed by atoms with Crippen molar-refractivity contribution in [1.82, 2.24) is 10.2 Å². The Labute approximate surface area is 219 Å². The summed E-state index contributed by atoms with van der Waals surface area (Å²) in [6.45, 7) is 6.08. The highest BCUT2D eigenvalue weighted by molar-refractivity contribution is 8.14. The van der Waals surface area contributed by atoms with Crippen molar-refractivity contribution in [2.45, 2.75) is 39.2 Å². The first kappa shape index (κ1) is 24.8. The minimum absolute atomic E-state index is 0.195. The van der Waals surface area contributed by atoms with Crippen LogP contribution in [0.5, 0.6) is 5.75 Å². The zero-order valence-electron chi connectivity index (χ0n) is 20.8. The Hall–Kier alpha value is -3.91. The molecule has 5 rings (SSSR count). The third-order valence-corrected chi connectivity index (χ3v) is 7.38. The van der Waals surface area contributed by atoms with Crippen molar-refractivity contribution >= 4 is 22.7 Å². The molecule has 0 saturated heterocycles. The molecule has 0 fully saturated rings. The molecule has 1 atom stereocenters. The molecule has 2 heterocycles. The molecule has 0 saturated carbocycles. The van der Waals surface area contributed by atoms with E-state index < -0.39 is 5.37 Å². The van der Waals surface area contributed by atoms with Gasteiger partial charge in [-0.25, -0.2) is 9.40 Å². The molecular weight excluding hydrogens is 489 g/mol. The van der Waals surface area contributed by atoms with Gasteiger partial charge in [-0.05, 0) is 67.8 Å². The highest BCUT2D eigenvalue weighted by Crippen LogP contribution is 2.45. The van der Waals surface area contributed by atoms with Crippen molar-refractivity contribution in [3.63, 3.8) is 0 Å². The number of rotatable bonds is 7. The minimum Gasteiger partial charge on any atom is -0.487 e. The first-order chi connectivity index (χ1) is 17.9. The summed E-state index contributed by atoms with van der Waals surface area (Å²) in [7, 11) is 0. The predicted octanol–water partition coefficient (Wildman–Crippen LogP) is 6.82. The van der Waals surface area contributed by atoms with Crippen LogP contribution in [0.25, 0.3) is 0 Å². The summed E-state index contributed by atoms with van der Waals surface area (Å²) >= 11 is 1.47. The number of amides is 1. The highest BCUT2D eigenvalue weighted by Gasteiger charge is 2.36. The lowest BCUT2D eigenvalue weighted by atomic mass is 10.0. The van der Waals surface area contributed by atoms with Crippen LogP contribution in [0, 0.1) is 19.7 Å². The van der Waals surface area contributed by atoms with Gasteiger partial charge in [0.25, 0.3) is 5.91 Å². The Kier molecular flexibility index (Phi) is 7.10. The average molecular weight is 516 g/mol. The van der Waals surface area contributed by atoms with E-state index in [1.807, 2.05) is 62.4 Å². The summed E-state index contributed by atoms with van der Waals surface area (Å²) in [5.74, 6) is 0.928. The largest absolute Gasteiger partial charge is 0.487 e. The number of carbonyl (C=O) groups is 1. The molecule has 4 aromatic rings. The molecule has 0 aliphatic carbocycles. The number of hydrogen-bond donors (Lipinski definition) is 0.